The van der Waals surface area contributed by atoms with Crippen molar-refractivity contribution in [1.82, 2.24) is 18.6 Å². The maximum Gasteiger partial charge on any atom is 0.257 e. The Bertz CT molecular complexity index is 1060. The highest BCUT2D eigenvalue weighted by Gasteiger charge is 2.46. The molecule has 0 aliphatic carbocycles. The van der Waals surface area contributed by atoms with Crippen LogP contribution < -0.4 is 4.90 Å². The van der Waals surface area contributed by atoms with Gasteiger partial charge in [-0.2, -0.15) is 0 Å². The van der Waals surface area contributed by atoms with E-state index in [1.54, 1.807) is 0 Å². The standard InChI is InChI=1S/C18H22FN5O4S2/c19-15-13-20-18(21-14-15)23-11-9-22(10-12-23)7-3-4-8-24-29(25,26)16-5-1-2-6-17(16)30(24,27)28/h1-2,5-6,13-14H,3-4,7-12H2. The van der Waals surface area contributed by atoms with E-state index >= 15 is 0 Å². The fourth-order valence-corrected chi connectivity index (χ4v) is 8.15. The van der Waals surface area contributed by atoms with E-state index in [0.717, 1.165) is 32.0 Å². The first kappa shape index (κ1) is 21.1. The molecule has 0 atom stereocenters. The minimum atomic E-state index is -4.02. The van der Waals surface area contributed by atoms with E-state index in [1.165, 1.54) is 24.3 Å². The Labute approximate surface area is 175 Å². The van der Waals surface area contributed by atoms with E-state index in [9.17, 15) is 21.2 Å². The largest absolute Gasteiger partial charge is 0.338 e. The molecule has 2 aromatic rings. The number of rotatable bonds is 6. The number of piperazine rings is 1. The Morgan fingerprint density at radius 2 is 1.37 bits per heavy atom. The van der Waals surface area contributed by atoms with Crippen molar-refractivity contribution >= 4 is 26.0 Å². The first-order valence-corrected chi connectivity index (χ1v) is 12.5. The molecule has 30 heavy (non-hydrogen) atoms. The van der Waals surface area contributed by atoms with Gasteiger partial charge in [-0.15, -0.1) is 0 Å². The summed E-state index contributed by atoms with van der Waals surface area (Å²) in [5.41, 5.74) is 0. The molecule has 0 amide bonds. The maximum atomic E-state index is 12.9. The van der Waals surface area contributed by atoms with Gasteiger partial charge in [0.25, 0.3) is 20.0 Å². The predicted octanol–water partition coefficient (Wildman–Crippen LogP) is 0.911. The third-order valence-electron chi connectivity index (χ3n) is 5.27. The van der Waals surface area contributed by atoms with Gasteiger partial charge in [0.2, 0.25) is 5.95 Å². The zero-order valence-electron chi connectivity index (χ0n) is 16.2. The molecule has 0 N–H and O–H groups in total. The molecule has 9 nitrogen and oxygen atoms in total. The Morgan fingerprint density at radius 1 is 0.833 bits per heavy atom. The van der Waals surface area contributed by atoms with Gasteiger partial charge >= 0.3 is 0 Å². The molecule has 0 radical (unpaired) electrons. The van der Waals surface area contributed by atoms with E-state index < -0.39 is 25.9 Å². The lowest BCUT2D eigenvalue weighted by Gasteiger charge is -2.34. The number of unbranched alkanes of at least 4 members (excludes halogenated alkanes) is 1. The molecule has 1 saturated heterocycles. The van der Waals surface area contributed by atoms with Crippen LogP contribution in [0.4, 0.5) is 10.3 Å². The molecule has 0 saturated carbocycles. The number of anilines is 1. The molecule has 2 aliphatic rings. The van der Waals surface area contributed by atoms with Gasteiger partial charge in [0.1, 0.15) is 9.79 Å². The second-order valence-corrected chi connectivity index (χ2v) is 11.1. The number of nitrogens with zero attached hydrogens (tertiary/aromatic N) is 5. The Hall–Kier alpha value is -2.15. The fraction of sp³-hybridized carbons (Fsp3) is 0.444. The Kier molecular flexibility index (Phi) is 5.75. The third-order valence-corrected chi connectivity index (χ3v) is 9.84. The number of hydrogen-bond acceptors (Lipinski definition) is 8. The summed E-state index contributed by atoms with van der Waals surface area (Å²) in [5.74, 6) is 0.0302. The number of sulfonamides is 2. The maximum absolute atomic E-state index is 12.9. The van der Waals surface area contributed by atoms with Gasteiger partial charge in [0.05, 0.1) is 12.4 Å². The molecule has 4 rings (SSSR count). The SMILES string of the molecule is O=S1(=O)c2ccccc2S(=O)(=O)N1CCCCN1CCN(c2ncc(F)cn2)CC1. The topological polar surface area (TPSA) is 104 Å². The molecule has 0 spiro atoms. The first-order valence-electron chi connectivity index (χ1n) is 9.62. The number of hydrogen-bond donors (Lipinski definition) is 0. The number of aromatic nitrogens is 2. The summed E-state index contributed by atoms with van der Waals surface area (Å²) in [5, 5.41) is 0. The van der Waals surface area contributed by atoms with Crippen molar-refractivity contribution < 1.29 is 21.2 Å². The minimum absolute atomic E-state index is 0.0667. The summed E-state index contributed by atoms with van der Waals surface area (Å²) in [4.78, 5) is 11.9. The molecular formula is C18H22FN5O4S2. The Morgan fingerprint density at radius 3 is 1.93 bits per heavy atom. The van der Waals surface area contributed by atoms with Crippen LogP contribution in [0.3, 0.4) is 0 Å². The smallest absolute Gasteiger partial charge is 0.257 e. The van der Waals surface area contributed by atoms with Crippen LogP contribution in [0.25, 0.3) is 0 Å². The highest BCUT2D eigenvalue weighted by atomic mass is 32.3. The van der Waals surface area contributed by atoms with E-state index in [-0.39, 0.29) is 16.3 Å². The molecule has 2 aliphatic heterocycles. The van der Waals surface area contributed by atoms with Crippen molar-refractivity contribution in [3.05, 3.63) is 42.5 Å². The molecule has 1 fully saturated rings. The monoisotopic (exact) mass is 455 g/mol. The molecular weight excluding hydrogens is 433 g/mol. The van der Waals surface area contributed by atoms with Gasteiger partial charge in [-0.25, -0.2) is 31.2 Å². The van der Waals surface area contributed by atoms with Crippen LogP contribution in [0.2, 0.25) is 0 Å². The van der Waals surface area contributed by atoms with E-state index in [0.29, 0.717) is 35.6 Å². The number of halogens is 1. The van der Waals surface area contributed by atoms with Gasteiger partial charge in [-0.1, -0.05) is 15.8 Å². The summed E-state index contributed by atoms with van der Waals surface area (Å²) in [6.45, 7) is 3.62. The summed E-state index contributed by atoms with van der Waals surface area (Å²) in [7, 11) is -8.03. The molecule has 0 unspecified atom stereocenters. The fourth-order valence-electron chi connectivity index (χ4n) is 3.68. The number of benzene rings is 1. The summed E-state index contributed by atoms with van der Waals surface area (Å²) < 4.78 is 63.9. The van der Waals surface area contributed by atoms with Gasteiger partial charge < -0.3 is 4.90 Å². The van der Waals surface area contributed by atoms with Crippen LogP contribution >= 0.6 is 0 Å². The molecule has 1 aromatic heterocycles. The van der Waals surface area contributed by atoms with Crippen LogP contribution in [-0.4, -0.2) is 74.7 Å². The quantitative estimate of drug-likeness (QED) is 0.592. The van der Waals surface area contributed by atoms with Gasteiger partial charge in [-0.05, 0) is 31.5 Å². The second kappa shape index (κ2) is 8.17. The second-order valence-electron chi connectivity index (χ2n) is 7.19. The zero-order chi connectivity index (χ0) is 21.4. The Balaban J connectivity index is 1.27. The minimum Gasteiger partial charge on any atom is -0.338 e. The van der Waals surface area contributed by atoms with E-state index in [2.05, 4.69) is 14.9 Å². The van der Waals surface area contributed by atoms with Crippen LogP contribution in [0, 0.1) is 5.82 Å². The normalized spacial score (nSPS) is 20.9. The summed E-state index contributed by atoms with van der Waals surface area (Å²) in [6, 6.07) is 5.69. The summed E-state index contributed by atoms with van der Waals surface area (Å²) in [6.07, 6.45) is 3.40. The van der Waals surface area contributed by atoms with Crippen molar-refractivity contribution in [1.29, 1.82) is 0 Å². The van der Waals surface area contributed by atoms with E-state index in [4.69, 9.17) is 0 Å². The predicted molar refractivity (Wildman–Crippen MR) is 107 cm³/mol. The van der Waals surface area contributed by atoms with Crippen LogP contribution in [0.1, 0.15) is 12.8 Å². The zero-order valence-corrected chi connectivity index (χ0v) is 17.8. The number of fused-ring (bicyclic) bond motifs is 1. The van der Waals surface area contributed by atoms with Crippen molar-refractivity contribution in [3.63, 3.8) is 0 Å². The van der Waals surface area contributed by atoms with Gasteiger partial charge in [0.15, 0.2) is 5.82 Å². The molecule has 162 valence electrons. The lowest BCUT2D eigenvalue weighted by atomic mass is 10.2. The van der Waals surface area contributed by atoms with Crippen LogP contribution in [0.15, 0.2) is 46.5 Å². The van der Waals surface area contributed by atoms with Crippen molar-refractivity contribution in [2.45, 2.75) is 22.6 Å². The van der Waals surface area contributed by atoms with Gasteiger partial charge in [-0.3, -0.25) is 4.90 Å². The first-order chi connectivity index (χ1) is 14.3. The van der Waals surface area contributed by atoms with Crippen molar-refractivity contribution in [3.8, 4) is 0 Å². The lowest BCUT2D eigenvalue weighted by molar-refractivity contribution is 0.250. The van der Waals surface area contributed by atoms with E-state index in [1.807, 2.05) is 4.90 Å². The van der Waals surface area contributed by atoms with Crippen molar-refractivity contribution in [2.24, 2.45) is 0 Å². The molecule has 1 aromatic carbocycles. The third kappa shape index (κ3) is 3.92. The highest BCUT2D eigenvalue weighted by molar-refractivity contribution is 8.06. The molecule has 12 heteroatoms. The molecule has 3 heterocycles. The van der Waals surface area contributed by atoms with Crippen molar-refractivity contribution in [2.75, 3.05) is 44.2 Å². The lowest BCUT2D eigenvalue weighted by Crippen LogP contribution is -2.47. The average Bonchev–Trinajstić information content (AvgIpc) is 2.89. The highest BCUT2D eigenvalue weighted by Crippen LogP contribution is 2.36. The summed E-state index contributed by atoms with van der Waals surface area (Å²) >= 11 is 0. The van der Waals surface area contributed by atoms with Crippen LogP contribution in [-0.2, 0) is 20.0 Å². The average molecular weight is 456 g/mol. The van der Waals surface area contributed by atoms with Crippen LogP contribution in [0.5, 0.6) is 0 Å². The molecule has 0 bridgehead atoms. The van der Waals surface area contributed by atoms with Gasteiger partial charge in [0, 0.05) is 32.7 Å².